The van der Waals surface area contributed by atoms with E-state index < -0.39 is 13.1 Å². The fourth-order valence-corrected chi connectivity index (χ4v) is 1.66. The summed E-state index contributed by atoms with van der Waals surface area (Å²) in [5, 5.41) is 0. The summed E-state index contributed by atoms with van der Waals surface area (Å²) in [7, 11) is 0. The monoisotopic (exact) mass is 216 g/mol. The summed E-state index contributed by atoms with van der Waals surface area (Å²) in [6.07, 6.45) is -2.61. The smallest absolute Gasteiger partial charge is 0.246 e. The van der Waals surface area contributed by atoms with Crippen molar-refractivity contribution in [1.82, 2.24) is 0 Å². The molecule has 15 heavy (non-hydrogen) atoms. The highest BCUT2D eigenvalue weighted by Crippen LogP contribution is 2.32. The van der Waals surface area contributed by atoms with Crippen molar-refractivity contribution < 1.29 is 13.2 Å². The highest BCUT2D eigenvalue weighted by molar-refractivity contribution is 5.39. The molecule has 0 unspecified atom stereocenters. The van der Waals surface area contributed by atoms with E-state index in [1.807, 2.05) is 20.8 Å². The minimum Gasteiger partial charge on any atom is -0.246 e. The fourth-order valence-electron chi connectivity index (χ4n) is 1.66. The van der Waals surface area contributed by atoms with Gasteiger partial charge in [0.1, 0.15) is 6.67 Å². The van der Waals surface area contributed by atoms with Gasteiger partial charge in [-0.1, -0.05) is 39.0 Å². The lowest BCUT2D eigenvalue weighted by Crippen LogP contribution is -2.15. The predicted octanol–water partition coefficient (Wildman–Crippen LogP) is 4.39. The third-order valence-corrected chi connectivity index (χ3v) is 2.39. The Kier molecular flexibility index (Phi) is 3.42. The number of hydrogen-bond donors (Lipinski definition) is 0. The molecule has 0 amide bonds. The van der Waals surface area contributed by atoms with Crippen LogP contribution in [0.2, 0.25) is 0 Å². The van der Waals surface area contributed by atoms with Gasteiger partial charge in [-0.15, -0.1) is 0 Å². The standard InChI is InChI=1S/C12H15F3/c1-12(2,3)10-6-4-5-8(11(14)15)9(10)7-13/h4-6,11H,7H2,1-3H3. The molecule has 0 heterocycles. The van der Waals surface area contributed by atoms with Crippen LogP contribution in [0.1, 0.15) is 43.9 Å². The molecule has 0 saturated carbocycles. The van der Waals surface area contributed by atoms with Crippen LogP contribution < -0.4 is 0 Å². The molecule has 0 aliphatic heterocycles. The first-order valence-electron chi connectivity index (χ1n) is 4.84. The molecule has 1 aromatic carbocycles. The van der Waals surface area contributed by atoms with Gasteiger partial charge < -0.3 is 0 Å². The van der Waals surface area contributed by atoms with Crippen molar-refractivity contribution in [3.63, 3.8) is 0 Å². The lowest BCUT2D eigenvalue weighted by atomic mass is 9.82. The molecule has 1 rings (SSSR count). The molecule has 0 radical (unpaired) electrons. The van der Waals surface area contributed by atoms with Crippen LogP contribution in [-0.2, 0) is 12.1 Å². The summed E-state index contributed by atoms with van der Waals surface area (Å²) >= 11 is 0. The van der Waals surface area contributed by atoms with E-state index >= 15 is 0 Å². The van der Waals surface area contributed by atoms with Crippen molar-refractivity contribution >= 4 is 0 Å². The van der Waals surface area contributed by atoms with Crippen LogP contribution in [0.3, 0.4) is 0 Å². The molecule has 1 aromatic rings. The van der Waals surface area contributed by atoms with Gasteiger partial charge in [0.25, 0.3) is 6.43 Å². The normalized spacial score (nSPS) is 12.2. The van der Waals surface area contributed by atoms with E-state index in [2.05, 4.69) is 0 Å². The maximum Gasteiger partial charge on any atom is 0.264 e. The maximum atomic E-state index is 12.8. The second-order valence-electron chi connectivity index (χ2n) is 4.56. The first-order chi connectivity index (χ1) is 6.88. The van der Waals surface area contributed by atoms with E-state index in [0.29, 0.717) is 5.56 Å². The average molecular weight is 216 g/mol. The zero-order valence-electron chi connectivity index (χ0n) is 9.15. The Balaban J connectivity index is 3.35. The highest BCUT2D eigenvalue weighted by Gasteiger charge is 2.22. The van der Waals surface area contributed by atoms with Crippen LogP contribution in [0.4, 0.5) is 13.2 Å². The van der Waals surface area contributed by atoms with Crippen LogP contribution in [0.25, 0.3) is 0 Å². The molecule has 0 saturated heterocycles. The molecular formula is C12H15F3. The van der Waals surface area contributed by atoms with Crippen molar-refractivity contribution in [2.45, 2.75) is 39.3 Å². The van der Waals surface area contributed by atoms with Gasteiger partial charge in [0.05, 0.1) is 0 Å². The summed E-state index contributed by atoms with van der Waals surface area (Å²) < 4.78 is 38.0. The minimum atomic E-state index is -2.61. The molecular weight excluding hydrogens is 201 g/mol. The van der Waals surface area contributed by atoms with Crippen molar-refractivity contribution in [2.75, 3.05) is 0 Å². The predicted molar refractivity (Wildman–Crippen MR) is 54.9 cm³/mol. The Morgan fingerprint density at radius 1 is 1.20 bits per heavy atom. The highest BCUT2D eigenvalue weighted by atomic mass is 19.3. The van der Waals surface area contributed by atoms with E-state index in [4.69, 9.17) is 0 Å². The van der Waals surface area contributed by atoms with Crippen LogP contribution >= 0.6 is 0 Å². The summed E-state index contributed by atoms with van der Waals surface area (Å²) in [5.74, 6) is 0. The summed E-state index contributed by atoms with van der Waals surface area (Å²) in [6, 6.07) is 4.55. The number of rotatable bonds is 2. The summed E-state index contributed by atoms with van der Waals surface area (Å²) in [4.78, 5) is 0. The molecule has 0 aromatic heterocycles. The second kappa shape index (κ2) is 4.25. The van der Waals surface area contributed by atoms with E-state index in [0.717, 1.165) is 0 Å². The number of benzene rings is 1. The average Bonchev–Trinajstić information content (AvgIpc) is 2.15. The van der Waals surface area contributed by atoms with Gasteiger partial charge in [-0.2, -0.15) is 0 Å². The van der Waals surface area contributed by atoms with Crippen molar-refractivity contribution in [2.24, 2.45) is 0 Å². The Hall–Kier alpha value is -0.990. The Bertz CT molecular complexity index is 337. The van der Waals surface area contributed by atoms with E-state index in [1.54, 1.807) is 12.1 Å². The SMILES string of the molecule is CC(C)(C)c1cccc(C(F)F)c1CF. The van der Waals surface area contributed by atoms with Gasteiger partial charge >= 0.3 is 0 Å². The van der Waals surface area contributed by atoms with Crippen LogP contribution in [0, 0.1) is 0 Å². The molecule has 84 valence electrons. The van der Waals surface area contributed by atoms with Gasteiger partial charge in [0.2, 0.25) is 0 Å². The van der Waals surface area contributed by atoms with Crippen molar-refractivity contribution in [3.8, 4) is 0 Å². The van der Waals surface area contributed by atoms with Gasteiger partial charge in [-0.25, -0.2) is 13.2 Å². The third-order valence-electron chi connectivity index (χ3n) is 2.39. The van der Waals surface area contributed by atoms with Crippen LogP contribution in [0.15, 0.2) is 18.2 Å². The first kappa shape index (κ1) is 12.1. The maximum absolute atomic E-state index is 12.8. The molecule has 0 spiro atoms. The fraction of sp³-hybridized carbons (Fsp3) is 0.500. The van der Waals surface area contributed by atoms with Crippen LogP contribution in [0.5, 0.6) is 0 Å². The molecule has 0 atom stereocenters. The number of hydrogen-bond acceptors (Lipinski definition) is 0. The Morgan fingerprint density at radius 2 is 1.80 bits per heavy atom. The molecule has 0 bridgehead atoms. The quantitative estimate of drug-likeness (QED) is 0.687. The van der Waals surface area contributed by atoms with Crippen LogP contribution in [-0.4, -0.2) is 0 Å². The molecule has 0 N–H and O–H groups in total. The summed E-state index contributed by atoms with van der Waals surface area (Å²) in [5.41, 5.74) is 0.291. The largest absolute Gasteiger partial charge is 0.264 e. The summed E-state index contributed by atoms with van der Waals surface area (Å²) in [6.45, 7) is 4.82. The third kappa shape index (κ3) is 2.52. The van der Waals surface area contributed by atoms with Gasteiger partial charge in [-0.05, 0) is 16.5 Å². The lowest BCUT2D eigenvalue weighted by Gasteiger charge is -2.23. The zero-order valence-corrected chi connectivity index (χ0v) is 9.15. The molecule has 0 aliphatic rings. The number of halogens is 3. The van der Waals surface area contributed by atoms with E-state index in [1.165, 1.54) is 6.07 Å². The van der Waals surface area contributed by atoms with Crippen molar-refractivity contribution in [3.05, 3.63) is 34.9 Å². The second-order valence-corrected chi connectivity index (χ2v) is 4.56. The van der Waals surface area contributed by atoms with E-state index in [9.17, 15) is 13.2 Å². The first-order valence-corrected chi connectivity index (χ1v) is 4.84. The van der Waals surface area contributed by atoms with Crippen molar-refractivity contribution in [1.29, 1.82) is 0 Å². The molecule has 0 fully saturated rings. The minimum absolute atomic E-state index is 0.139. The lowest BCUT2D eigenvalue weighted by molar-refractivity contribution is 0.149. The molecule has 0 aliphatic carbocycles. The van der Waals surface area contributed by atoms with Gasteiger partial charge in [0.15, 0.2) is 0 Å². The molecule has 0 nitrogen and oxygen atoms in total. The topological polar surface area (TPSA) is 0 Å². The molecule has 3 heteroatoms. The van der Waals surface area contributed by atoms with Gasteiger partial charge in [0, 0.05) is 5.56 Å². The van der Waals surface area contributed by atoms with Gasteiger partial charge in [-0.3, -0.25) is 0 Å². The number of alkyl halides is 3. The van der Waals surface area contributed by atoms with E-state index in [-0.39, 0.29) is 16.5 Å². The Labute approximate surface area is 88.1 Å². The zero-order chi connectivity index (χ0) is 11.6. The Morgan fingerprint density at radius 3 is 2.20 bits per heavy atom.